The largest absolute Gasteiger partial charge is 0.507 e. The quantitative estimate of drug-likeness (QED) is 0.947. The molecule has 0 saturated carbocycles. The number of aromatic hydroxyl groups is 1. The van der Waals surface area contributed by atoms with Crippen molar-refractivity contribution in [1.29, 1.82) is 0 Å². The standard InChI is InChI=1S/C18H22N2O2/c1-19(13-18(22)20-10-3-2-4-11-20)15-9-8-14-6-5-7-17(21)16(14)12-15/h5-9,12,21H,2-4,10-11,13H2,1H3. The van der Waals surface area contributed by atoms with Gasteiger partial charge in [-0.2, -0.15) is 0 Å². The third-order valence-corrected chi connectivity index (χ3v) is 4.36. The molecule has 1 heterocycles. The molecule has 1 amide bonds. The van der Waals surface area contributed by atoms with Crippen LogP contribution in [-0.2, 0) is 4.79 Å². The Labute approximate surface area is 131 Å². The van der Waals surface area contributed by atoms with Gasteiger partial charge in [0.2, 0.25) is 5.91 Å². The van der Waals surface area contributed by atoms with Crippen LogP contribution in [0.1, 0.15) is 19.3 Å². The fourth-order valence-corrected chi connectivity index (χ4v) is 3.02. The molecule has 0 aliphatic carbocycles. The summed E-state index contributed by atoms with van der Waals surface area (Å²) < 4.78 is 0. The van der Waals surface area contributed by atoms with E-state index in [-0.39, 0.29) is 11.7 Å². The first-order chi connectivity index (χ1) is 10.6. The van der Waals surface area contributed by atoms with E-state index in [1.807, 2.05) is 47.2 Å². The Kier molecular flexibility index (Phi) is 4.18. The molecule has 1 saturated heterocycles. The van der Waals surface area contributed by atoms with E-state index < -0.39 is 0 Å². The maximum absolute atomic E-state index is 12.3. The van der Waals surface area contributed by atoms with Crippen LogP contribution < -0.4 is 4.90 Å². The number of fused-ring (bicyclic) bond motifs is 1. The molecule has 2 aromatic carbocycles. The number of hydrogen-bond acceptors (Lipinski definition) is 3. The lowest BCUT2D eigenvalue weighted by atomic mass is 10.1. The number of hydrogen-bond donors (Lipinski definition) is 1. The van der Waals surface area contributed by atoms with Gasteiger partial charge in [-0.3, -0.25) is 4.79 Å². The van der Waals surface area contributed by atoms with Crippen molar-refractivity contribution in [2.45, 2.75) is 19.3 Å². The summed E-state index contributed by atoms with van der Waals surface area (Å²) in [5.41, 5.74) is 0.944. The van der Waals surface area contributed by atoms with E-state index in [9.17, 15) is 9.90 Å². The van der Waals surface area contributed by atoms with Crippen molar-refractivity contribution in [2.75, 3.05) is 31.6 Å². The summed E-state index contributed by atoms with van der Waals surface area (Å²) in [5.74, 6) is 0.453. The number of phenols is 1. The van der Waals surface area contributed by atoms with E-state index in [0.717, 1.165) is 42.4 Å². The number of amides is 1. The van der Waals surface area contributed by atoms with Crippen LogP contribution in [0.15, 0.2) is 36.4 Å². The van der Waals surface area contributed by atoms with Gasteiger partial charge < -0.3 is 14.9 Å². The number of carbonyl (C=O) groups is 1. The van der Waals surface area contributed by atoms with Gasteiger partial charge in [0.15, 0.2) is 0 Å². The van der Waals surface area contributed by atoms with Gasteiger partial charge in [0.25, 0.3) is 0 Å². The normalized spacial score (nSPS) is 15.0. The average molecular weight is 298 g/mol. The molecule has 2 aromatic rings. The van der Waals surface area contributed by atoms with Crippen LogP contribution >= 0.6 is 0 Å². The summed E-state index contributed by atoms with van der Waals surface area (Å²) in [4.78, 5) is 16.3. The zero-order chi connectivity index (χ0) is 15.5. The van der Waals surface area contributed by atoms with Crippen LogP contribution in [0.25, 0.3) is 10.8 Å². The Bertz CT molecular complexity index is 678. The van der Waals surface area contributed by atoms with Crippen LogP contribution in [0.4, 0.5) is 5.69 Å². The van der Waals surface area contributed by atoms with Gasteiger partial charge in [-0.25, -0.2) is 0 Å². The lowest BCUT2D eigenvalue weighted by Crippen LogP contribution is -2.41. The van der Waals surface area contributed by atoms with E-state index in [1.54, 1.807) is 6.07 Å². The summed E-state index contributed by atoms with van der Waals surface area (Å²) in [5, 5.41) is 11.8. The number of benzene rings is 2. The summed E-state index contributed by atoms with van der Waals surface area (Å²) in [6.07, 6.45) is 3.45. The zero-order valence-electron chi connectivity index (χ0n) is 13.0. The number of anilines is 1. The first-order valence-corrected chi connectivity index (χ1v) is 7.86. The second-order valence-corrected chi connectivity index (χ2v) is 5.98. The summed E-state index contributed by atoms with van der Waals surface area (Å²) in [7, 11) is 1.92. The lowest BCUT2D eigenvalue weighted by Gasteiger charge is -2.29. The first-order valence-electron chi connectivity index (χ1n) is 7.86. The van der Waals surface area contributed by atoms with Crippen LogP contribution in [0, 0.1) is 0 Å². The Hall–Kier alpha value is -2.23. The minimum Gasteiger partial charge on any atom is -0.507 e. The van der Waals surface area contributed by atoms with Gasteiger partial charge in [0.05, 0.1) is 6.54 Å². The molecule has 0 bridgehead atoms. The highest BCUT2D eigenvalue weighted by molar-refractivity contribution is 5.91. The second-order valence-electron chi connectivity index (χ2n) is 5.98. The molecule has 116 valence electrons. The molecule has 22 heavy (non-hydrogen) atoms. The minimum absolute atomic E-state index is 0.180. The summed E-state index contributed by atoms with van der Waals surface area (Å²) in [6, 6.07) is 11.4. The van der Waals surface area contributed by atoms with Gasteiger partial charge in [-0.05, 0) is 42.8 Å². The lowest BCUT2D eigenvalue weighted by molar-refractivity contribution is -0.130. The molecule has 4 nitrogen and oxygen atoms in total. The van der Waals surface area contributed by atoms with Gasteiger partial charge in [-0.15, -0.1) is 0 Å². The highest BCUT2D eigenvalue weighted by Gasteiger charge is 2.18. The molecule has 0 aromatic heterocycles. The molecule has 0 radical (unpaired) electrons. The number of likely N-dealkylation sites (N-methyl/N-ethyl adjacent to an activating group) is 1. The second kappa shape index (κ2) is 6.26. The number of rotatable bonds is 3. The van der Waals surface area contributed by atoms with Crippen LogP contribution in [-0.4, -0.2) is 42.6 Å². The number of nitrogens with zero attached hydrogens (tertiary/aromatic N) is 2. The van der Waals surface area contributed by atoms with Gasteiger partial charge in [0.1, 0.15) is 5.75 Å². The van der Waals surface area contributed by atoms with E-state index in [1.165, 1.54) is 6.42 Å². The molecule has 0 unspecified atom stereocenters. The third kappa shape index (κ3) is 3.01. The Morgan fingerprint density at radius 3 is 2.73 bits per heavy atom. The predicted octanol–water partition coefficient (Wildman–Crippen LogP) is 2.99. The summed E-state index contributed by atoms with van der Waals surface area (Å²) >= 11 is 0. The molecule has 0 atom stereocenters. The van der Waals surface area contributed by atoms with E-state index in [0.29, 0.717) is 6.54 Å². The fraction of sp³-hybridized carbons (Fsp3) is 0.389. The average Bonchev–Trinajstić information content (AvgIpc) is 2.55. The smallest absolute Gasteiger partial charge is 0.242 e. The van der Waals surface area contributed by atoms with Gasteiger partial charge in [0, 0.05) is 31.2 Å². The van der Waals surface area contributed by atoms with Crippen molar-refractivity contribution < 1.29 is 9.90 Å². The third-order valence-electron chi connectivity index (χ3n) is 4.36. The Morgan fingerprint density at radius 2 is 1.95 bits per heavy atom. The van der Waals surface area contributed by atoms with E-state index in [2.05, 4.69) is 0 Å². The van der Waals surface area contributed by atoms with Crippen LogP contribution in [0.3, 0.4) is 0 Å². The van der Waals surface area contributed by atoms with Crippen molar-refractivity contribution in [1.82, 2.24) is 4.90 Å². The Balaban J connectivity index is 1.75. The van der Waals surface area contributed by atoms with Crippen molar-refractivity contribution in [3.05, 3.63) is 36.4 Å². The highest BCUT2D eigenvalue weighted by Crippen LogP contribution is 2.28. The first kappa shape index (κ1) is 14.7. The van der Waals surface area contributed by atoms with Crippen LogP contribution in [0.5, 0.6) is 5.75 Å². The molecular weight excluding hydrogens is 276 g/mol. The molecular formula is C18H22N2O2. The summed E-state index contributed by atoms with van der Waals surface area (Å²) in [6.45, 7) is 2.13. The minimum atomic E-state index is 0.180. The maximum Gasteiger partial charge on any atom is 0.242 e. The topological polar surface area (TPSA) is 43.8 Å². The van der Waals surface area contributed by atoms with E-state index >= 15 is 0 Å². The number of likely N-dealkylation sites (tertiary alicyclic amines) is 1. The monoisotopic (exact) mass is 298 g/mol. The van der Waals surface area contributed by atoms with Crippen molar-refractivity contribution in [3.63, 3.8) is 0 Å². The Morgan fingerprint density at radius 1 is 1.18 bits per heavy atom. The van der Waals surface area contributed by atoms with Crippen LogP contribution in [0.2, 0.25) is 0 Å². The number of phenolic OH excluding ortho intramolecular Hbond substituents is 1. The van der Waals surface area contributed by atoms with Gasteiger partial charge >= 0.3 is 0 Å². The maximum atomic E-state index is 12.3. The van der Waals surface area contributed by atoms with Crippen molar-refractivity contribution in [2.24, 2.45) is 0 Å². The fourth-order valence-electron chi connectivity index (χ4n) is 3.02. The zero-order valence-corrected chi connectivity index (χ0v) is 13.0. The van der Waals surface area contributed by atoms with Crippen molar-refractivity contribution in [3.8, 4) is 5.75 Å². The highest BCUT2D eigenvalue weighted by atomic mass is 16.3. The molecule has 1 aliphatic rings. The molecule has 1 fully saturated rings. The van der Waals surface area contributed by atoms with Gasteiger partial charge in [-0.1, -0.05) is 18.2 Å². The van der Waals surface area contributed by atoms with Crippen molar-refractivity contribution >= 4 is 22.4 Å². The molecule has 1 N–H and O–H groups in total. The number of piperidine rings is 1. The number of carbonyl (C=O) groups excluding carboxylic acids is 1. The molecule has 3 rings (SSSR count). The SMILES string of the molecule is CN(CC(=O)N1CCCCC1)c1ccc2cccc(O)c2c1. The van der Waals surface area contributed by atoms with E-state index in [4.69, 9.17) is 0 Å². The molecule has 1 aliphatic heterocycles. The predicted molar refractivity (Wildman–Crippen MR) is 89.3 cm³/mol. The molecule has 0 spiro atoms. The molecule has 4 heteroatoms.